The van der Waals surface area contributed by atoms with Crippen LogP contribution in [0.4, 0.5) is 18.9 Å². The van der Waals surface area contributed by atoms with Gasteiger partial charge in [-0.1, -0.05) is 88.2 Å². The van der Waals surface area contributed by atoms with Crippen molar-refractivity contribution in [3.8, 4) is 0 Å². The van der Waals surface area contributed by atoms with Crippen LogP contribution >= 0.6 is 27.5 Å². The summed E-state index contributed by atoms with van der Waals surface area (Å²) in [7, 11) is -4.64. The number of benzene rings is 4. The first kappa shape index (κ1) is 36.0. The molecule has 0 unspecified atom stereocenters. The predicted octanol–water partition coefficient (Wildman–Crippen LogP) is 7.48. The minimum atomic E-state index is -4.83. The predicted molar refractivity (Wildman–Crippen MR) is 179 cm³/mol. The van der Waals surface area contributed by atoms with E-state index in [2.05, 4.69) is 21.2 Å². The topological polar surface area (TPSA) is 86.8 Å². The number of hydrogen-bond donors (Lipinski definition) is 1. The molecule has 47 heavy (non-hydrogen) atoms. The van der Waals surface area contributed by atoms with E-state index in [0.29, 0.717) is 20.4 Å². The lowest BCUT2D eigenvalue weighted by atomic mass is 10.0. The molecular formula is C34H32BrClF3N3O4S. The number of amides is 2. The van der Waals surface area contributed by atoms with Crippen LogP contribution in [0, 0.1) is 0 Å². The van der Waals surface area contributed by atoms with Gasteiger partial charge in [0.25, 0.3) is 10.0 Å². The smallest absolute Gasteiger partial charge is 0.352 e. The van der Waals surface area contributed by atoms with Crippen molar-refractivity contribution in [2.45, 2.75) is 50.0 Å². The molecule has 2 amide bonds. The lowest BCUT2D eigenvalue weighted by molar-refractivity contribution is -0.140. The van der Waals surface area contributed by atoms with Crippen LogP contribution in [0.5, 0.6) is 0 Å². The molecule has 248 valence electrons. The lowest BCUT2D eigenvalue weighted by Gasteiger charge is -2.34. The van der Waals surface area contributed by atoms with Gasteiger partial charge in [0.05, 0.1) is 21.2 Å². The van der Waals surface area contributed by atoms with Crippen LogP contribution in [0.1, 0.15) is 30.5 Å². The first-order valence-corrected chi connectivity index (χ1v) is 17.1. The van der Waals surface area contributed by atoms with Gasteiger partial charge in [-0.3, -0.25) is 13.9 Å². The zero-order valence-electron chi connectivity index (χ0n) is 25.4. The first-order valence-electron chi connectivity index (χ1n) is 14.5. The molecule has 1 atom stereocenters. The maximum absolute atomic E-state index is 14.5. The molecule has 0 saturated carbocycles. The largest absolute Gasteiger partial charge is 0.416 e. The van der Waals surface area contributed by atoms with Gasteiger partial charge >= 0.3 is 6.18 Å². The van der Waals surface area contributed by atoms with Crippen LogP contribution in [0.25, 0.3) is 0 Å². The van der Waals surface area contributed by atoms with Crippen molar-refractivity contribution in [1.82, 2.24) is 10.2 Å². The second-order valence-electron chi connectivity index (χ2n) is 11.0. The Hall–Kier alpha value is -3.87. The maximum atomic E-state index is 14.5. The summed E-state index contributed by atoms with van der Waals surface area (Å²) >= 11 is 9.77. The Labute approximate surface area is 285 Å². The molecule has 4 aromatic carbocycles. The van der Waals surface area contributed by atoms with Crippen LogP contribution in [-0.2, 0) is 38.8 Å². The summed E-state index contributed by atoms with van der Waals surface area (Å²) in [5.41, 5.74) is -0.329. The molecule has 0 saturated heterocycles. The summed E-state index contributed by atoms with van der Waals surface area (Å²) in [4.78, 5) is 29.2. The van der Waals surface area contributed by atoms with Gasteiger partial charge in [0.2, 0.25) is 11.8 Å². The van der Waals surface area contributed by atoms with E-state index in [-0.39, 0.29) is 28.9 Å². The molecule has 1 N–H and O–H groups in total. The quantitative estimate of drug-likeness (QED) is 0.163. The number of anilines is 1. The Bertz CT molecular complexity index is 1810. The Kier molecular flexibility index (Phi) is 11.8. The van der Waals surface area contributed by atoms with E-state index in [1.54, 1.807) is 68.4 Å². The fraction of sp³-hybridized carbons (Fsp3) is 0.235. The summed E-state index contributed by atoms with van der Waals surface area (Å²) in [5.74, 6) is -1.32. The molecule has 0 spiro atoms. The molecule has 0 aromatic heterocycles. The van der Waals surface area contributed by atoms with Crippen molar-refractivity contribution >= 4 is 55.1 Å². The SMILES string of the molecule is CC(C)NC(=O)[C@H](Cc1ccccc1)N(Cc1cccc(Br)c1)C(=O)CN(c1cc(C(F)(F)F)ccc1Cl)S(=O)(=O)c1ccccc1. The van der Waals surface area contributed by atoms with Crippen LogP contribution in [-0.4, -0.2) is 43.8 Å². The highest BCUT2D eigenvalue weighted by Crippen LogP contribution is 2.37. The average Bonchev–Trinajstić information content (AvgIpc) is 3.02. The number of halogens is 5. The summed E-state index contributed by atoms with van der Waals surface area (Å²) in [5, 5.41) is 2.53. The minimum Gasteiger partial charge on any atom is -0.352 e. The van der Waals surface area contributed by atoms with Gasteiger partial charge in [-0.25, -0.2) is 8.42 Å². The second-order valence-corrected chi connectivity index (χ2v) is 14.2. The van der Waals surface area contributed by atoms with E-state index in [1.807, 2.05) is 6.07 Å². The number of nitrogens with zero attached hydrogens (tertiary/aromatic N) is 2. The zero-order chi connectivity index (χ0) is 34.4. The molecular weight excluding hydrogens is 719 g/mol. The van der Waals surface area contributed by atoms with Gasteiger partial charge < -0.3 is 10.2 Å². The Morgan fingerprint density at radius 1 is 0.872 bits per heavy atom. The highest BCUT2D eigenvalue weighted by Gasteiger charge is 2.37. The van der Waals surface area contributed by atoms with Crippen molar-refractivity contribution in [2.75, 3.05) is 10.8 Å². The van der Waals surface area contributed by atoms with Gasteiger partial charge in [0.1, 0.15) is 12.6 Å². The van der Waals surface area contributed by atoms with E-state index in [0.717, 1.165) is 17.7 Å². The van der Waals surface area contributed by atoms with Crippen LogP contribution in [0.2, 0.25) is 5.02 Å². The molecule has 0 fully saturated rings. The number of rotatable bonds is 12. The molecule has 13 heteroatoms. The van der Waals surface area contributed by atoms with E-state index < -0.39 is 51.9 Å². The minimum absolute atomic E-state index is 0.0783. The third kappa shape index (κ3) is 9.36. The van der Waals surface area contributed by atoms with Crippen LogP contribution in [0.15, 0.2) is 112 Å². The monoisotopic (exact) mass is 749 g/mol. The fourth-order valence-corrected chi connectivity index (χ4v) is 7.04. The van der Waals surface area contributed by atoms with Gasteiger partial charge in [-0.2, -0.15) is 13.2 Å². The van der Waals surface area contributed by atoms with Crippen molar-refractivity contribution in [3.05, 3.63) is 129 Å². The van der Waals surface area contributed by atoms with E-state index in [4.69, 9.17) is 11.6 Å². The van der Waals surface area contributed by atoms with Crippen LogP contribution < -0.4 is 9.62 Å². The summed E-state index contributed by atoms with van der Waals surface area (Å²) < 4.78 is 70.9. The molecule has 0 aliphatic rings. The highest BCUT2D eigenvalue weighted by atomic mass is 79.9. The van der Waals surface area contributed by atoms with E-state index >= 15 is 0 Å². The number of hydrogen-bond acceptors (Lipinski definition) is 4. The van der Waals surface area contributed by atoms with E-state index in [9.17, 15) is 31.2 Å². The number of carbonyl (C=O) groups excluding carboxylic acids is 2. The molecule has 4 aromatic rings. The first-order chi connectivity index (χ1) is 22.2. The Morgan fingerprint density at radius 3 is 2.09 bits per heavy atom. The summed E-state index contributed by atoms with van der Waals surface area (Å²) in [6, 6.07) is 23.9. The van der Waals surface area contributed by atoms with Gasteiger partial charge in [-0.05, 0) is 67.4 Å². The van der Waals surface area contributed by atoms with Crippen molar-refractivity contribution < 1.29 is 31.2 Å². The molecule has 0 radical (unpaired) electrons. The van der Waals surface area contributed by atoms with Crippen molar-refractivity contribution in [2.24, 2.45) is 0 Å². The molecule has 0 aliphatic heterocycles. The molecule has 0 heterocycles. The summed E-state index contributed by atoms with van der Waals surface area (Å²) in [6.07, 6.45) is -4.75. The normalized spacial score (nSPS) is 12.4. The summed E-state index contributed by atoms with van der Waals surface area (Å²) in [6.45, 7) is 2.47. The lowest BCUT2D eigenvalue weighted by Crippen LogP contribution is -2.54. The van der Waals surface area contributed by atoms with Crippen LogP contribution in [0.3, 0.4) is 0 Å². The number of carbonyl (C=O) groups is 2. The number of sulfonamides is 1. The van der Waals surface area contributed by atoms with Gasteiger partial charge in [-0.15, -0.1) is 0 Å². The van der Waals surface area contributed by atoms with Gasteiger partial charge in [0.15, 0.2) is 0 Å². The average molecular weight is 751 g/mol. The van der Waals surface area contributed by atoms with Crippen molar-refractivity contribution in [3.63, 3.8) is 0 Å². The number of nitrogens with one attached hydrogen (secondary N) is 1. The molecule has 0 aliphatic carbocycles. The van der Waals surface area contributed by atoms with Gasteiger partial charge in [0, 0.05) is 23.5 Å². The Balaban J connectivity index is 1.87. The Morgan fingerprint density at radius 2 is 1.49 bits per heavy atom. The molecule has 4 rings (SSSR count). The molecule has 7 nitrogen and oxygen atoms in total. The third-order valence-corrected chi connectivity index (χ3v) is 9.68. The highest BCUT2D eigenvalue weighted by molar-refractivity contribution is 9.10. The third-order valence-electron chi connectivity index (χ3n) is 7.10. The zero-order valence-corrected chi connectivity index (χ0v) is 28.6. The second kappa shape index (κ2) is 15.4. The maximum Gasteiger partial charge on any atom is 0.416 e. The standard InChI is InChI=1S/C34H32BrClF3N3O4S/c1-23(2)40-33(44)31(19-24-10-5-3-6-11-24)41(21-25-12-9-13-27(35)18-25)32(43)22-42(47(45,46)28-14-7-4-8-15-28)30-20-26(34(37,38)39)16-17-29(30)36/h3-18,20,23,31H,19,21-22H2,1-2H3,(H,40,44)/t31-/m0/s1. The van der Waals surface area contributed by atoms with E-state index in [1.165, 1.54) is 29.2 Å². The molecule has 0 bridgehead atoms. The van der Waals surface area contributed by atoms with Crippen molar-refractivity contribution in [1.29, 1.82) is 0 Å². The number of alkyl halides is 3. The fourth-order valence-electron chi connectivity index (χ4n) is 4.88.